The number of aromatic nitrogens is 1. The van der Waals surface area contributed by atoms with Gasteiger partial charge >= 0.3 is 0 Å². The lowest BCUT2D eigenvalue weighted by atomic mass is 10.2. The predicted octanol–water partition coefficient (Wildman–Crippen LogP) is 2.40. The topological polar surface area (TPSA) is 48.6 Å². The van der Waals surface area contributed by atoms with Crippen molar-refractivity contribution in [2.24, 2.45) is 0 Å². The maximum atomic E-state index is 13.7. The molecule has 25 heavy (non-hydrogen) atoms. The van der Waals surface area contributed by atoms with Crippen molar-refractivity contribution in [1.29, 1.82) is 0 Å². The zero-order chi connectivity index (χ0) is 17.8. The number of hydrogen-bond donors (Lipinski definition) is 1. The zero-order valence-electron chi connectivity index (χ0n) is 14.0. The molecule has 0 bridgehead atoms. The number of aromatic amines is 1. The molecule has 1 amide bonds. The van der Waals surface area contributed by atoms with Gasteiger partial charge in [0.25, 0.3) is 5.91 Å². The molecule has 0 saturated carbocycles. The van der Waals surface area contributed by atoms with Crippen molar-refractivity contribution in [3.63, 3.8) is 0 Å². The van der Waals surface area contributed by atoms with Crippen LogP contribution in [0.3, 0.4) is 0 Å². The Morgan fingerprint density at radius 2 is 1.96 bits per heavy atom. The maximum Gasteiger partial charge on any atom is 0.263 e. The molecule has 0 unspecified atom stereocenters. The number of ether oxygens (including phenoxy) is 1. The van der Waals surface area contributed by atoms with E-state index in [2.05, 4.69) is 9.88 Å². The van der Waals surface area contributed by atoms with E-state index in [1.165, 1.54) is 12.1 Å². The molecule has 1 aliphatic rings. The van der Waals surface area contributed by atoms with Gasteiger partial charge < -0.3 is 14.6 Å². The van der Waals surface area contributed by atoms with E-state index in [0.717, 1.165) is 31.4 Å². The lowest BCUT2D eigenvalue weighted by Gasteiger charge is -2.35. The largest absolute Gasteiger partial charge is 0.478 e. The third-order valence-electron chi connectivity index (χ3n) is 4.31. The van der Waals surface area contributed by atoms with Crippen LogP contribution in [0.2, 0.25) is 0 Å². The fraction of sp³-hybridized carbons (Fsp3) is 0.389. The number of H-pyrrole nitrogens is 1. The Morgan fingerprint density at radius 1 is 1.20 bits per heavy atom. The van der Waals surface area contributed by atoms with Crippen molar-refractivity contribution >= 4 is 5.91 Å². The second kappa shape index (κ2) is 7.65. The van der Waals surface area contributed by atoms with Crippen LogP contribution in [0.15, 0.2) is 36.5 Å². The van der Waals surface area contributed by atoms with Gasteiger partial charge in [-0.05, 0) is 31.2 Å². The fourth-order valence-corrected chi connectivity index (χ4v) is 2.91. The van der Waals surface area contributed by atoms with Gasteiger partial charge in [-0.2, -0.15) is 4.39 Å². The van der Waals surface area contributed by atoms with E-state index in [0.29, 0.717) is 13.1 Å². The maximum absolute atomic E-state index is 13.7. The number of amides is 1. The number of nitrogens with zero attached hydrogens (tertiary/aromatic N) is 2. The molecule has 1 fully saturated rings. The summed E-state index contributed by atoms with van der Waals surface area (Å²) < 4.78 is 32.2. The predicted molar refractivity (Wildman–Crippen MR) is 89.1 cm³/mol. The van der Waals surface area contributed by atoms with Crippen LogP contribution in [0, 0.1) is 11.6 Å². The summed E-state index contributed by atoms with van der Waals surface area (Å²) >= 11 is 0. The molecular formula is C18H21F2N3O2. The Labute approximate surface area is 145 Å². The minimum atomic E-state index is -1.07. The monoisotopic (exact) mass is 349 g/mol. The van der Waals surface area contributed by atoms with Gasteiger partial charge in [-0.25, -0.2) is 4.39 Å². The molecule has 2 heterocycles. The van der Waals surface area contributed by atoms with Crippen molar-refractivity contribution in [2.45, 2.75) is 19.6 Å². The van der Waals surface area contributed by atoms with Crippen molar-refractivity contribution in [3.05, 3.63) is 53.9 Å². The number of carbonyl (C=O) groups excluding carboxylic acids is 1. The van der Waals surface area contributed by atoms with Crippen LogP contribution in [0.25, 0.3) is 0 Å². The number of piperazine rings is 1. The summed E-state index contributed by atoms with van der Waals surface area (Å²) in [7, 11) is 0. The van der Waals surface area contributed by atoms with Gasteiger partial charge in [0.1, 0.15) is 0 Å². The van der Waals surface area contributed by atoms with Crippen molar-refractivity contribution in [2.75, 3.05) is 26.2 Å². The van der Waals surface area contributed by atoms with Gasteiger partial charge in [-0.3, -0.25) is 9.69 Å². The fourth-order valence-electron chi connectivity index (χ4n) is 2.91. The molecule has 3 rings (SSSR count). The summed E-state index contributed by atoms with van der Waals surface area (Å²) in [6, 6.07) is 7.67. The first-order valence-electron chi connectivity index (χ1n) is 8.28. The molecule has 1 aliphatic heterocycles. The minimum Gasteiger partial charge on any atom is -0.478 e. The lowest BCUT2D eigenvalue weighted by molar-refractivity contribution is -0.139. The van der Waals surface area contributed by atoms with Gasteiger partial charge in [0.05, 0.1) is 0 Å². The Bertz CT molecular complexity index is 713. The molecular weight excluding hydrogens is 328 g/mol. The van der Waals surface area contributed by atoms with E-state index in [-0.39, 0.29) is 11.7 Å². The van der Waals surface area contributed by atoms with E-state index in [9.17, 15) is 13.6 Å². The van der Waals surface area contributed by atoms with E-state index in [1.54, 1.807) is 11.8 Å². The van der Waals surface area contributed by atoms with E-state index < -0.39 is 17.7 Å². The number of halogens is 2. The van der Waals surface area contributed by atoms with Gasteiger partial charge in [0.15, 0.2) is 17.7 Å². The van der Waals surface area contributed by atoms with Crippen LogP contribution < -0.4 is 4.74 Å². The number of rotatable bonds is 5. The molecule has 1 saturated heterocycles. The number of carbonyl (C=O) groups is 1. The molecule has 7 heteroatoms. The highest BCUT2D eigenvalue weighted by atomic mass is 19.2. The molecule has 134 valence electrons. The molecule has 1 N–H and O–H groups in total. The van der Waals surface area contributed by atoms with Crippen LogP contribution in [-0.4, -0.2) is 53.0 Å². The van der Waals surface area contributed by atoms with E-state index >= 15 is 0 Å². The van der Waals surface area contributed by atoms with Crippen LogP contribution >= 0.6 is 0 Å². The summed E-state index contributed by atoms with van der Waals surface area (Å²) in [5, 5.41) is 0. The van der Waals surface area contributed by atoms with Crippen LogP contribution in [0.5, 0.6) is 5.75 Å². The SMILES string of the molecule is C[C@H](Oc1cccc(F)c1F)C(=O)N1CCN(Cc2ccc[nH]2)CC1. The van der Waals surface area contributed by atoms with Gasteiger partial charge in [0.2, 0.25) is 5.82 Å². The quantitative estimate of drug-likeness (QED) is 0.902. The highest BCUT2D eigenvalue weighted by Crippen LogP contribution is 2.21. The Morgan fingerprint density at radius 3 is 2.64 bits per heavy atom. The second-order valence-electron chi connectivity index (χ2n) is 6.11. The standard InChI is InChI=1S/C18H21F2N3O2/c1-13(25-16-6-2-5-15(19)17(16)20)18(24)23-10-8-22(9-11-23)12-14-4-3-7-21-14/h2-7,13,21H,8-12H2,1H3/t13-/m0/s1. The third kappa shape index (κ3) is 4.17. The van der Waals surface area contributed by atoms with Crippen LogP contribution in [-0.2, 0) is 11.3 Å². The minimum absolute atomic E-state index is 0.219. The van der Waals surface area contributed by atoms with Crippen molar-refractivity contribution in [1.82, 2.24) is 14.8 Å². The Kier molecular flexibility index (Phi) is 5.33. The molecule has 1 aromatic heterocycles. The molecule has 1 atom stereocenters. The molecule has 0 aliphatic carbocycles. The van der Waals surface area contributed by atoms with Crippen molar-refractivity contribution in [3.8, 4) is 5.75 Å². The average Bonchev–Trinajstić information content (AvgIpc) is 3.12. The molecule has 0 radical (unpaired) electrons. The first-order valence-corrected chi connectivity index (χ1v) is 8.28. The summed E-state index contributed by atoms with van der Waals surface area (Å²) in [6.07, 6.45) is 1.02. The normalized spacial score (nSPS) is 16.7. The Hall–Kier alpha value is -2.41. The number of nitrogens with one attached hydrogen (secondary N) is 1. The first kappa shape index (κ1) is 17.4. The average molecular weight is 349 g/mol. The van der Waals surface area contributed by atoms with Crippen LogP contribution in [0.1, 0.15) is 12.6 Å². The van der Waals surface area contributed by atoms with Gasteiger partial charge in [0, 0.05) is 44.6 Å². The van der Waals surface area contributed by atoms with Crippen LogP contribution in [0.4, 0.5) is 8.78 Å². The molecule has 5 nitrogen and oxygen atoms in total. The second-order valence-corrected chi connectivity index (χ2v) is 6.11. The lowest BCUT2D eigenvalue weighted by Crippen LogP contribution is -2.51. The summed E-state index contributed by atoms with van der Waals surface area (Å²) in [5.74, 6) is -2.53. The summed E-state index contributed by atoms with van der Waals surface area (Å²) in [6.45, 7) is 5.04. The van der Waals surface area contributed by atoms with Gasteiger partial charge in [-0.15, -0.1) is 0 Å². The first-order chi connectivity index (χ1) is 12.0. The Balaban J connectivity index is 1.52. The number of hydrogen-bond acceptors (Lipinski definition) is 3. The highest BCUT2D eigenvalue weighted by molar-refractivity contribution is 5.81. The zero-order valence-corrected chi connectivity index (χ0v) is 14.0. The summed E-state index contributed by atoms with van der Waals surface area (Å²) in [4.78, 5) is 19.6. The van der Waals surface area contributed by atoms with Crippen molar-refractivity contribution < 1.29 is 18.3 Å². The third-order valence-corrected chi connectivity index (χ3v) is 4.31. The van der Waals surface area contributed by atoms with Gasteiger partial charge in [-0.1, -0.05) is 6.07 Å². The smallest absolute Gasteiger partial charge is 0.263 e. The molecule has 1 aromatic carbocycles. The van der Waals surface area contributed by atoms with E-state index in [1.807, 2.05) is 18.3 Å². The summed E-state index contributed by atoms with van der Waals surface area (Å²) in [5.41, 5.74) is 1.14. The number of benzene rings is 1. The van der Waals surface area contributed by atoms with E-state index in [4.69, 9.17) is 4.74 Å². The highest BCUT2D eigenvalue weighted by Gasteiger charge is 2.27. The molecule has 2 aromatic rings. The molecule has 0 spiro atoms.